The Morgan fingerprint density at radius 3 is 2.31 bits per heavy atom. The summed E-state index contributed by atoms with van der Waals surface area (Å²) in [6, 6.07) is 0. The SMILES string of the molecule is CCNCCNS(=O)(=O)N1CCCCC1.Cl. The molecule has 0 aromatic rings. The fraction of sp³-hybridized carbons (Fsp3) is 1.00. The predicted octanol–water partition coefficient (Wildman–Crippen LogP) is 0.338. The van der Waals surface area contributed by atoms with Gasteiger partial charge in [0.1, 0.15) is 0 Å². The Morgan fingerprint density at radius 2 is 1.75 bits per heavy atom. The zero-order valence-electron chi connectivity index (χ0n) is 9.74. The normalized spacial score (nSPS) is 18.1. The van der Waals surface area contributed by atoms with Crippen molar-refractivity contribution in [1.29, 1.82) is 0 Å². The standard InChI is InChI=1S/C9H21N3O2S.ClH/c1-2-10-6-7-11-15(13,14)12-8-4-3-5-9-12;/h10-11H,2-9H2,1H3;1H. The molecule has 5 nitrogen and oxygen atoms in total. The van der Waals surface area contributed by atoms with Gasteiger partial charge in [-0.15, -0.1) is 12.4 Å². The number of rotatable bonds is 6. The largest absolute Gasteiger partial charge is 0.316 e. The number of halogens is 1. The first kappa shape index (κ1) is 16.1. The lowest BCUT2D eigenvalue weighted by Crippen LogP contribution is -2.45. The van der Waals surface area contributed by atoms with Crippen LogP contribution in [0.3, 0.4) is 0 Å². The minimum Gasteiger partial charge on any atom is -0.316 e. The third-order valence-electron chi connectivity index (χ3n) is 2.49. The molecule has 16 heavy (non-hydrogen) atoms. The molecule has 1 saturated heterocycles. The maximum Gasteiger partial charge on any atom is 0.279 e. The van der Waals surface area contributed by atoms with E-state index in [1.165, 1.54) is 0 Å². The topological polar surface area (TPSA) is 61.4 Å². The van der Waals surface area contributed by atoms with E-state index in [4.69, 9.17) is 0 Å². The van der Waals surface area contributed by atoms with Crippen molar-refractivity contribution in [2.24, 2.45) is 0 Å². The number of hydrogen-bond acceptors (Lipinski definition) is 3. The number of hydrogen-bond donors (Lipinski definition) is 2. The summed E-state index contributed by atoms with van der Waals surface area (Å²) < 4.78 is 27.6. The summed E-state index contributed by atoms with van der Waals surface area (Å²) in [5, 5.41) is 3.08. The van der Waals surface area contributed by atoms with Crippen LogP contribution < -0.4 is 10.0 Å². The Labute approximate surface area is 105 Å². The summed E-state index contributed by atoms with van der Waals surface area (Å²) in [7, 11) is -3.22. The highest BCUT2D eigenvalue weighted by molar-refractivity contribution is 7.87. The number of likely N-dealkylation sites (N-methyl/N-ethyl adjacent to an activating group) is 1. The van der Waals surface area contributed by atoms with Crippen LogP contribution in [0, 0.1) is 0 Å². The highest BCUT2D eigenvalue weighted by atomic mass is 35.5. The molecule has 0 amide bonds. The summed E-state index contributed by atoms with van der Waals surface area (Å²) in [5.74, 6) is 0. The number of piperidine rings is 1. The van der Waals surface area contributed by atoms with Crippen molar-refractivity contribution < 1.29 is 8.42 Å². The predicted molar refractivity (Wildman–Crippen MR) is 68.1 cm³/mol. The van der Waals surface area contributed by atoms with Crippen LogP contribution in [-0.2, 0) is 10.2 Å². The highest BCUT2D eigenvalue weighted by Gasteiger charge is 2.22. The molecule has 1 fully saturated rings. The molecule has 0 unspecified atom stereocenters. The van der Waals surface area contributed by atoms with Crippen molar-refractivity contribution in [1.82, 2.24) is 14.3 Å². The molecule has 7 heteroatoms. The Bertz CT molecular complexity index is 266. The molecule has 1 heterocycles. The average Bonchev–Trinajstić information content (AvgIpc) is 2.26. The van der Waals surface area contributed by atoms with E-state index >= 15 is 0 Å². The van der Waals surface area contributed by atoms with Gasteiger partial charge in [-0.3, -0.25) is 0 Å². The van der Waals surface area contributed by atoms with Crippen molar-refractivity contribution in [3.8, 4) is 0 Å². The third-order valence-corrected chi connectivity index (χ3v) is 4.11. The van der Waals surface area contributed by atoms with E-state index < -0.39 is 10.2 Å². The molecule has 0 aliphatic carbocycles. The first-order chi connectivity index (χ1) is 7.17. The molecule has 98 valence electrons. The third kappa shape index (κ3) is 5.45. The smallest absolute Gasteiger partial charge is 0.279 e. The first-order valence-corrected chi connectivity index (χ1v) is 7.06. The molecule has 0 spiro atoms. The molecule has 1 aliphatic rings. The van der Waals surface area contributed by atoms with Crippen LogP contribution in [0.1, 0.15) is 26.2 Å². The summed E-state index contributed by atoms with van der Waals surface area (Å²) in [6.07, 6.45) is 3.10. The van der Waals surface area contributed by atoms with Gasteiger partial charge in [-0.1, -0.05) is 13.3 Å². The van der Waals surface area contributed by atoms with Crippen LogP contribution >= 0.6 is 12.4 Å². The molecule has 0 atom stereocenters. The minimum absolute atomic E-state index is 0. The zero-order valence-corrected chi connectivity index (χ0v) is 11.4. The molecule has 0 aromatic heterocycles. The van der Waals surface area contributed by atoms with Crippen LogP contribution in [-0.4, -0.2) is 45.4 Å². The van der Waals surface area contributed by atoms with E-state index in [2.05, 4.69) is 10.0 Å². The Morgan fingerprint density at radius 1 is 1.12 bits per heavy atom. The highest BCUT2D eigenvalue weighted by Crippen LogP contribution is 2.11. The van der Waals surface area contributed by atoms with Crippen LogP contribution in [0.4, 0.5) is 0 Å². The van der Waals surface area contributed by atoms with E-state index in [-0.39, 0.29) is 12.4 Å². The van der Waals surface area contributed by atoms with Crippen LogP contribution in [0.25, 0.3) is 0 Å². The van der Waals surface area contributed by atoms with Crippen molar-refractivity contribution in [3.05, 3.63) is 0 Å². The summed E-state index contributed by atoms with van der Waals surface area (Å²) in [6.45, 7) is 5.34. The van der Waals surface area contributed by atoms with Gasteiger partial charge in [-0.25, -0.2) is 4.72 Å². The molecule has 0 bridgehead atoms. The first-order valence-electron chi connectivity index (χ1n) is 5.62. The van der Waals surface area contributed by atoms with Gasteiger partial charge in [0, 0.05) is 26.2 Å². The maximum atomic E-state index is 11.7. The van der Waals surface area contributed by atoms with Crippen molar-refractivity contribution in [3.63, 3.8) is 0 Å². The lowest BCUT2D eigenvalue weighted by molar-refractivity contribution is 0.341. The zero-order chi connectivity index (χ0) is 11.1. The van der Waals surface area contributed by atoms with Gasteiger partial charge in [0.15, 0.2) is 0 Å². The van der Waals surface area contributed by atoms with Crippen LogP contribution in [0.2, 0.25) is 0 Å². The molecular weight excluding hydrogens is 250 g/mol. The van der Waals surface area contributed by atoms with E-state index in [0.29, 0.717) is 26.2 Å². The van der Waals surface area contributed by atoms with Crippen LogP contribution in [0.15, 0.2) is 0 Å². The average molecular weight is 272 g/mol. The van der Waals surface area contributed by atoms with Gasteiger partial charge in [0.25, 0.3) is 10.2 Å². The van der Waals surface area contributed by atoms with Gasteiger partial charge in [0.05, 0.1) is 0 Å². The Balaban J connectivity index is 0.00000225. The Hall–Kier alpha value is 0.120. The van der Waals surface area contributed by atoms with Gasteiger partial charge >= 0.3 is 0 Å². The Kier molecular flexibility index (Phi) is 8.31. The van der Waals surface area contributed by atoms with Crippen molar-refractivity contribution in [2.75, 3.05) is 32.7 Å². The van der Waals surface area contributed by atoms with Crippen molar-refractivity contribution >= 4 is 22.6 Å². The summed E-state index contributed by atoms with van der Waals surface area (Å²) in [4.78, 5) is 0. The van der Waals surface area contributed by atoms with E-state index in [1.54, 1.807) is 4.31 Å². The van der Waals surface area contributed by atoms with Crippen LogP contribution in [0.5, 0.6) is 0 Å². The van der Waals surface area contributed by atoms with Gasteiger partial charge in [-0.05, 0) is 19.4 Å². The van der Waals surface area contributed by atoms with E-state index in [0.717, 1.165) is 25.8 Å². The maximum absolute atomic E-state index is 11.7. The summed E-state index contributed by atoms with van der Waals surface area (Å²) >= 11 is 0. The van der Waals surface area contributed by atoms with Gasteiger partial charge in [0.2, 0.25) is 0 Å². The minimum atomic E-state index is -3.22. The molecule has 0 radical (unpaired) electrons. The monoisotopic (exact) mass is 271 g/mol. The van der Waals surface area contributed by atoms with E-state index in [1.807, 2.05) is 6.92 Å². The second-order valence-corrected chi connectivity index (χ2v) is 5.47. The molecule has 0 aromatic carbocycles. The lowest BCUT2D eigenvalue weighted by atomic mass is 10.2. The second kappa shape index (κ2) is 8.25. The number of nitrogens with zero attached hydrogens (tertiary/aromatic N) is 1. The quantitative estimate of drug-likeness (QED) is 0.685. The summed E-state index contributed by atoms with van der Waals surface area (Å²) in [5.41, 5.74) is 0. The fourth-order valence-electron chi connectivity index (χ4n) is 1.64. The molecule has 2 N–H and O–H groups in total. The van der Waals surface area contributed by atoms with Gasteiger partial charge in [-0.2, -0.15) is 12.7 Å². The molecule has 1 aliphatic heterocycles. The lowest BCUT2D eigenvalue weighted by Gasteiger charge is -2.25. The van der Waals surface area contributed by atoms with E-state index in [9.17, 15) is 8.42 Å². The second-order valence-electron chi connectivity index (χ2n) is 3.71. The molecular formula is C9H22ClN3O2S. The van der Waals surface area contributed by atoms with Gasteiger partial charge < -0.3 is 5.32 Å². The molecule has 1 rings (SSSR count). The number of nitrogens with one attached hydrogen (secondary N) is 2. The molecule has 0 saturated carbocycles. The fourth-order valence-corrected chi connectivity index (χ4v) is 2.92. The van der Waals surface area contributed by atoms with Crippen molar-refractivity contribution in [2.45, 2.75) is 26.2 Å².